The Morgan fingerprint density at radius 2 is 1.83 bits per heavy atom. The van der Waals surface area contributed by atoms with Crippen LogP contribution in [0, 0.1) is 0 Å². The van der Waals surface area contributed by atoms with Gasteiger partial charge in [-0.15, -0.1) is 0 Å². The summed E-state index contributed by atoms with van der Waals surface area (Å²) in [5, 5.41) is 7.07. The fourth-order valence-electron chi connectivity index (χ4n) is 2.45. The van der Waals surface area contributed by atoms with E-state index in [0.717, 1.165) is 28.0 Å². The average Bonchev–Trinajstić information content (AvgIpc) is 2.62. The monoisotopic (exact) mass is 320 g/mol. The predicted molar refractivity (Wildman–Crippen MR) is 99.5 cm³/mol. The highest BCUT2D eigenvalue weighted by molar-refractivity contribution is 5.99. The van der Waals surface area contributed by atoms with Gasteiger partial charge in [0.05, 0.1) is 5.52 Å². The number of para-hydroxylation sites is 1. The molecular formula is C18H20N6. The van der Waals surface area contributed by atoms with Crippen molar-refractivity contribution in [1.82, 2.24) is 9.97 Å². The largest absolute Gasteiger partial charge is 0.388 e. The molecule has 0 aliphatic carbocycles. The number of aromatic nitrogens is 2. The minimum Gasteiger partial charge on any atom is -0.388 e. The number of nitrogens with one attached hydrogen (secondary N) is 2. The molecule has 1 aromatic heterocycles. The Hall–Kier alpha value is -3.15. The van der Waals surface area contributed by atoms with Gasteiger partial charge in [-0.1, -0.05) is 24.3 Å². The molecule has 2 aromatic carbocycles. The molecule has 0 unspecified atom stereocenters. The van der Waals surface area contributed by atoms with Crippen molar-refractivity contribution in [2.75, 3.05) is 24.7 Å². The number of aliphatic imine (C=N–C) groups is 1. The molecule has 0 saturated heterocycles. The number of hydrogen-bond donors (Lipinski definition) is 3. The van der Waals surface area contributed by atoms with Crippen LogP contribution >= 0.6 is 0 Å². The minimum atomic E-state index is 0.322. The summed E-state index contributed by atoms with van der Waals surface area (Å²) in [6, 6.07) is 16.1. The summed E-state index contributed by atoms with van der Waals surface area (Å²) >= 11 is 0. The standard InChI is InChI=1S/C18H20N6/c1-20-13-9-7-12(8-10-13)11-16-22-15-6-4-3-5-14(15)17(23-16)24-18(19)21-2/h3-10,20H,11H2,1-2H3,(H3,19,21,22,23,24). The van der Waals surface area contributed by atoms with Gasteiger partial charge in [-0.05, 0) is 29.8 Å². The van der Waals surface area contributed by atoms with E-state index in [1.165, 1.54) is 0 Å². The average molecular weight is 320 g/mol. The summed E-state index contributed by atoms with van der Waals surface area (Å²) in [6.07, 6.45) is 0.646. The van der Waals surface area contributed by atoms with Crippen molar-refractivity contribution in [2.45, 2.75) is 6.42 Å². The zero-order valence-electron chi connectivity index (χ0n) is 13.7. The number of hydrogen-bond acceptors (Lipinski definition) is 4. The third-order valence-corrected chi connectivity index (χ3v) is 3.74. The molecule has 122 valence electrons. The molecule has 0 atom stereocenters. The molecule has 6 nitrogen and oxygen atoms in total. The van der Waals surface area contributed by atoms with Crippen LogP contribution in [0.3, 0.4) is 0 Å². The highest BCUT2D eigenvalue weighted by Crippen LogP contribution is 2.21. The van der Waals surface area contributed by atoms with Crippen LogP contribution in [0.2, 0.25) is 0 Å². The van der Waals surface area contributed by atoms with Crippen molar-refractivity contribution in [3.8, 4) is 0 Å². The van der Waals surface area contributed by atoms with Crippen molar-refractivity contribution in [2.24, 2.45) is 10.7 Å². The van der Waals surface area contributed by atoms with Crippen molar-refractivity contribution in [3.05, 3.63) is 59.9 Å². The maximum atomic E-state index is 5.80. The quantitative estimate of drug-likeness (QED) is 0.508. The molecule has 0 bridgehead atoms. The predicted octanol–water partition coefficient (Wildman–Crippen LogP) is 2.62. The SMILES string of the molecule is CN=C(N)Nc1nc(Cc2ccc(NC)cc2)nc2ccccc12. The van der Waals surface area contributed by atoms with E-state index >= 15 is 0 Å². The number of nitrogens with two attached hydrogens (primary N) is 1. The molecule has 3 aromatic rings. The Morgan fingerprint density at radius 1 is 1.08 bits per heavy atom. The number of benzene rings is 2. The molecule has 0 amide bonds. The van der Waals surface area contributed by atoms with E-state index < -0.39 is 0 Å². The summed E-state index contributed by atoms with van der Waals surface area (Å²) in [7, 11) is 3.54. The summed E-state index contributed by atoms with van der Waals surface area (Å²) in [4.78, 5) is 13.2. The minimum absolute atomic E-state index is 0.322. The molecule has 3 rings (SSSR count). The second-order valence-corrected chi connectivity index (χ2v) is 5.36. The lowest BCUT2D eigenvalue weighted by Gasteiger charge is -2.10. The van der Waals surface area contributed by atoms with Crippen LogP contribution in [0.5, 0.6) is 0 Å². The summed E-state index contributed by atoms with van der Waals surface area (Å²) in [6.45, 7) is 0. The van der Waals surface area contributed by atoms with E-state index in [1.54, 1.807) is 7.05 Å². The van der Waals surface area contributed by atoms with Gasteiger partial charge in [0, 0.05) is 31.6 Å². The lowest BCUT2D eigenvalue weighted by molar-refractivity contribution is 0.996. The Kier molecular flexibility index (Phi) is 4.56. The maximum absolute atomic E-state index is 5.80. The van der Waals surface area contributed by atoms with Gasteiger partial charge in [0.15, 0.2) is 5.96 Å². The van der Waals surface area contributed by atoms with Crippen molar-refractivity contribution >= 4 is 28.4 Å². The molecule has 24 heavy (non-hydrogen) atoms. The highest BCUT2D eigenvalue weighted by Gasteiger charge is 2.09. The fourth-order valence-corrected chi connectivity index (χ4v) is 2.45. The van der Waals surface area contributed by atoms with E-state index in [0.29, 0.717) is 18.2 Å². The second-order valence-electron chi connectivity index (χ2n) is 5.36. The van der Waals surface area contributed by atoms with Gasteiger partial charge in [-0.2, -0.15) is 0 Å². The Balaban J connectivity index is 1.97. The molecule has 6 heteroatoms. The van der Waals surface area contributed by atoms with Gasteiger partial charge in [0.25, 0.3) is 0 Å². The van der Waals surface area contributed by atoms with Gasteiger partial charge in [0.1, 0.15) is 11.6 Å². The van der Waals surface area contributed by atoms with Gasteiger partial charge >= 0.3 is 0 Å². The number of guanidine groups is 1. The van der Waals surface area contributed by atoms with E-state index in [9.17, 15) is 0 Å². The number of nitrogens with zero attached hydrogens (tertiary/aromatic N) is 3. The summed E-state index contributed by atoms with van der Waals surface area (Å²) < 4.78 is 0. The number of anilines is 2. The molecule has 0 aliphatic rings. The van der Waals surface area contributed by atoms with Gasteiger partial charge in [-0.3, -0.25) is 4.99 Å². The second kappa shape index (κ2) is 6.95. The summed E-state index contributed by atoms with van der Waals surface area (Å²) in [5.41, 5.74) is 8.90. The highest BCUT2D eigenvalue weighted by atomic mass is 15.1. The Labute approximate surface area is 140 Å². The first-order valence-electron chi connectivity index (χ1n) is 7.71. The van der Waals surface area contributed by atoms with Crippen LogP contribution in [0.1, 0.15) is 11.4 Å². The first kappa shape index (κ1) is 15.7. The Morgan fingerprint density at radius 3 is 2.54 bits per heavy atom. The van der Waals surface area contributed by atoms with Crippen molar-refractivity contribution in [1.29, 1.82) is 0 Å². The van der Waals surface area contributed by atoms with Crippen molar-refractivity contribution in [3.63, 3.8) is 0 Å². The third kappa shape index (κ3) is 3.43. The molecule has 4 N–H and O–H groups in total. The zero-order valence-corrected chi connectivity index (χ0v) is 13.7. The molecule has 0 spiro atoms. The van der Waals surface area contributed by atoms with E-state index in [2.05, 4.69) is 37.7 Å². The van der Waals surface area contributed by atoms with Crippen LogP contribution < -0.4 is 16.4 Å². The molecule has 1 heterocycles. The van der Waals surface area contributed by atoms with Gasteiger partial charge in [-0.25, -0.2) is 9.97 Å². The topological polar surface area (TPSA) is 88.2 Å². The normalized spacial score (nSPS) is 11.5. The van der Waals surface area contributed by atoms with E-state index in [-0.39, 0.29) is 0 Å². The van der Waals surface area contributed by atoms with Gasteiger partial charge < -0.3 is 16.4 Å². The first-order valence-corrected chi connectivity index (χ1v) is 7.71. The van der Waals surface area contributed by atoms with Crippen LogP contribution in [0.4, 0.5) is 11.5 Å². The van der Waals surface area contributed by atoms with Gasteiger partial charge in [0.2, 0.25) is 0 Å². The molecule has 0 radical (unpaired) electrons. The van der Waals surface area contributed by atoms with Crippen molar-refractivity contribution < 1.29 is 0 Å². The smallest absolute Gasteiger partial charge is 0.194 e. The van der Waals surface area contributed by atoms with E-state index in [1.807, 2.05) is 43.4 Å². The van der Waals surface area contributed by atoms with Crippen LogP contribution in [-0.4, -0.2) is 30.0 Å². The first-order chi connectivity index (χ1) is 11.7. The zero-order chi connectivity index (χ0) is 16.9. The molecular weight excluding hydrogens is 300 g/mol. The molecule has 0 aliphatic heterocycles. The Bertz CT molecular complexity index is 870. The lowest BCUT2D eigenvalue weighted by Crippen LogP contribution is -2.23. The molecule has 0 saturated carbocycles. The van der Waals surface area contributed by atoms with Crippen LogP contribution in [0.15, 0.2) is 53.5 Å². The fraction of sp³-hybridized carbons (Fsp3) is 0.167. The van der Waals surface area contributed by atoms with Crippen LogP contribution in [0.25, 0.3) is 10.9 Å². The van der Waals surface area contributed by atoms with Crippen LogP contribution in [-0.2, 0) is 6.42 Å². The third-order valence-electron chi connectivity index (χ3n) is 3.74. The number of rotatable bonds is 4. The lowest BCUT2D eigenvalue weighted by atomic mass is 10.1. The summed E-state index contributed by atoms with van der Waals surface area (Å²) in [5.74, 6) is 1.73. The number of fused-ring (bicyclic) bond motifs is 1. The maximum Gasteiger partial charge on any atom is 0.194 e. The van der Waals surface area contributed by atoms with E-state index in [4.69, 9.17) is 5.73 Å². The molecule has 0 fully saturated rings.